The molecule has 4 saturated carbocycles. The van der Waals surface area contributed by atoms with Crippen molar-refractivity contribution in [2.24, 2.45) is 23.7 Å². The first kappa shape index (κ1) is 17.7. The standard InChI is InChI=1S/C22H31N3OS/c1-26-20-4-2-19(3-5-20)23-22(27)25-8-6-24(7-9-25)21-17-11-15-10-16(13-17)14-18(21)12-15/h2-5,15-18,21H,6-14H2,1H3,(H,23,27). The molecular weight excluding hydrogens is 354 g/mol. The molecule has 5 aliphatic rings. The van der Waals surface area contributed by atoms with E-state index in [0.29, 0.717) is 0 Å². The molecule has 1 saturated heterocycles. The Kier molecular flexibility index (Phi) is 4.76. The molecule has 0 spiro atoms. The van der Waals surface area contributed by atoms with Crippen LogP contribution in [-0.2, 0) is 0 Å². The molecule has 0 atom stereocenters. The average molecular weight is 386 g/mol. The molecule has 1 N–H and O–H groups in total. The SMILES string of the molecule is COc1ccc(NC(=S)N2CCN(C3C4CC5CC(C4)CC3C5)CC2)cc1. The number of methoxy groups -OCH3 is 1. The van der Waals surface area contributed by atoms with Crippen molar-refractivity contribution < 1.29 is 4.74 Å². The van der Waals surface area contributed by atoms with Crippen LogP contribution in [0.1, 0.15) is 32.1 Å². The van der Waals surface area contributed by atoms with Gasteiger partial charge in [-0.1, -0.05) is 0 Å². The number of anilines is 1. The molecule has 1 aliphatic heterocycles. The largest absolute Gasteiger partial charge is 0.497 e. The number of thiocarbonyl (C=S) groups is 1. The summed E-state index contributed by atoms with van der Waals surface area (Å²) in [4.78, 5) is 5.16. The quantitative estimate of drug-likeness (QED) is 0.798. The molecule has 27 heavy (non-hydrogen) atoms. The molecule has 4 aliphatic carbocycles. The molecule has 6 rings (SSSR count). The van der Waals surface area contributed by atoms with Crippen LogP contribution in [0.5, 0.6) is 5.75 Å². The van der Waals surface area contributed by atoms with Gasteiger partial charge >= 0.3 is 0 Å². The Morgan fingerprint density at radius 2 is 1.52 bits per heavy atom. The van der Waals surface area contributed by atoms with Crippen molar-refractivity contribution in [3.63, 3.8) is 0 Å². The second kappa shape index (κ2) is 7.25. The summed E-state index contributed by atoms with van der Waals surface area (Å²) in [6.07, 6.45) is 7.58. The molecule has 5 fully saturated rings. The van der Waals surface area contributed by atoms with Gasteiger partial charge in [0.15, 0.2) is 5.11 Å². The molecule has 146 valence electrons. The summed E-state index contributed by atoms with van der Waals surface area (Å²) in [5.41, 5.74) is 1.03. The number of hydrogen-bond acceptors (Lipinski definition) is 3. The van der Waals surface area contributed by atoms with Gasteiger partial charge in [-0.3, -0.25) is 4.90 Å². The van der Waals surface area contributed by atoms with Gasteiger partial charge in [0.1, 0.15) is 5.75 Å². The highest BCUT2D eigenvalue weighted by Crippen LogP contribution is 2.55. The van der Waals surface area contributed by atoms with Gasteiger partial charge < -0.3 is 15.0 Å². The number of nitrogens with one attached hydrogen (secondary N) is 1. The minimum absolute atomic E-state index is 0.852. The summed E-state index contributed by atoms with van der Waals surface area (Å²) in [7, 11) is 1.69. The molecule has 1 aromatic rings. The lowest BCUT2D eigenvalue weighted by Crippen LogP contribution is -2.60. The van der Waals surface area contributed by atoms with Crippen LogP contribution in [-0.4, -0.2) is 54.2 Å². The van der Waals surface area contributed by atoms with Crippen molar-refractivity contribution in [3.05, 3.63) is 24.3 Å². The third-order valence-electron chi connectivity index (χ3n) is 7.54. The lowest BCUT2D eigenvalue weighted by molar-refractivity contribution is -0.0726. The van der Waals surface area contributed by atoms with Gasteiger partial charge in [0.25, 0.3) is 0 Å². The van der Waals surface area contributed by atoms with Crippen molar-refractivity contribution in [1.29, 1.82) is 0 Å². The van der Waals surface area contributed by atoms with Crippen LogP contribution < -0.4 is 10.1 Å². The minimum Gasteiger partial charge on any atom is -0.497 e. The molecule has 0 amide bonds. The summed E-state index contributed by atoms with van der Waals surface area (Å²) in [6.45, 7) is 4.42. The molecule has 1 aromatic carbocycles. The smallest absolute Gasteiger partial charge is 0.173 e. The summed E-state index contributed by atoms with van der Waals surface area (Å²) < 4.78 is 5.22. The summed E-state index contributed by atoms with van der Waals surface area (Å²) >= 11 is 5.68. The predicted molar refractivity (Wildman–Crippen MR) is 113 cm³/mol. The average Bonchev–Trinajstić information content (AvgIpc) is 2.68. The fraction of sp³-hybridized carbons (Fsp3) is 0.682. The van der Waals surface area contributed by atoms with Crippen LogP contribution in [0, 0.1) is 23.7 Å². The van der Waals surface area contributed by atoms with Crippen molar-refractivity contribution in [2.45, 2.75) is 38.1 Å². The van der Waals surface area contributed by atoms with Gasteiger partial charge in [0, 0.05) is 37.9 Å². The first-order chi connectivity index (χ1) is 13.2. The van der Waals surface area contributed by atoms with E-state index in [1.165, 1.54) is 25.7 Å². The molecule has 1 heterocycles. The molecule has 0 radical (unpaired) electrons. The zero-order valence-electron chi connectivity index (χ0n) is 16.3. The normalized spacial score (nSPS) is 35.3. The predicted octanol–water partition coefficient (Wildman–Crippen LogP) is 3.83. The van der Waals surface area contributed by atoms with E-state index in [4.69, 9.17) is 17.0 Å². The Bertz CT molecular complexity index is 655. The van der Waals surface area contributed by atoms with Crippen molar-refractivity contribution in [3.8, 4) is 5.75 Å². The third-order valence-corrected chi connectivity index (χ3v) is 7.90. The zero-order valence-corrected chi connectivity index (χ0v) is 17.1. The molecule has 0 unspecified atom stereocenters. The van der Waals surface area contributed by atoms with Crippen LogP contribution in [0.25, 0.3) is 0 Å². The fourth-order valence-corrected chi connectivity index (χ4v) is 6.89. The second-order valence-corrected chi connectivity index (χ2v) is 9.49. The highest BCUT2D eigenvalue weighted by Gasteiger charge is 2.50. The van der Waals surface area contributed by atoms with E-state index in [-0.39, 0.29) is 0 Å². The van der Waals surface area contributed by atoms with Gasteiger partial charge in [0.05, 0.1) is 7.11 Å². The maximum Gasteiger partial charge on any atom is 0.173 e. The number of hydrogen-bond donors (Lipinski definition) is 1. The van der Waals surface area contributed by atoms with Gasteiger partial charge in [0.2, 0.25) is 0 Å². The Labute approximate surface area is 168 Å². The Balaban J connectivity index is 1.16. The van der Waals surface area contributed by atoms with Crippen molar-refractivity contribution in [1.82, 2.24) is 9.80 Å². The number of benzene rings is 1. The number of piperazine rings is 1. The van der Waals surface area contributed by atoms with E-state index >= 15 is 0 Å². The third kappa shape index (κ3) is 3.44. The van der Waals surface area contributed by atoms with E-state index in [0.717, 1.165) is 72.4 Å². The van der Waals surface area contributed by atoms with Crippen molar-refractivity contribution >= 4 is 23.0 Å². The van der Waals surface area contributed by atoms with E-state index in [1.54, 1.807) is 13.5 Å². The monoisotopic (exact) mass is 385 g/mol. The lowest BCUT2D eigenvalue weighted by Gasteiger charge is -2.58. The Morgan fingerprint density at radius 3 is 2.07 bits per heavy atom. The zero-order chi connectivity index (χ0) is 18.4. The maximum atomic E-state index is 5.68. The van der Waals surface area contributed by atoms with Gasteiger partial charge in [-0.2, -0.15) is 0 Å². The molecule has 4 bridgehead atoms. The van der Waals surface area contributed by atoms with E-state index in [1.807, 2.05) is 24.3 Å². The van der Waals surface area contributed by atoms with E-state index in [9.17, 15) is 0 Å². The number of rotatable bonds is 3. The van der Waals surface area contributed by atoms with Crippen LogP contribution in [0.2, 0.25) is 0 Å². The van der Waals surface area contributed by atoms with Gasteiger partial charge in [-0.15, -0.1) is 0 Å². The fourth-order valence-electron chi connectivity index (χ4n) is 6.59. The summed E-state index contributed by atoms with van der Waals surface area (Å²) in [6, 6.07) is 8.85. The molecule has 0 aromatic heterocycles. The van der Waals surface area contributed by atoms with Crippen LogP contribution in [0.3, 0.4) is 0 Å². The molecular formula is C22H31N3OS. The molecule has 5 heteroatoms. The maximum absolute atomic E-state index is 5.68. The lowest BCUT2D eigenvalue weighted by atomic mass is 9.54. The summed E-state index contributed by atoms with van der Waals surface area (Å²) in [5.74, 6) is 4.96. The highest BCUT2D eigenvalue weighted by atomic mass is 32.1. The Hall–Kier alpha value is -1.33. The number of nitrogens with zero attached hydrogens (tertiary/aromatic N) is 2. The Morgan fingerprint density at radius 1 is 0.926 bits per heavy atom. The van der Waals surface area contributed by atoms with Gasteiger partial charge in [-0.05, 0) is 92.3 Å². The van der Waals surface area contributed by atoms with Crippen LogP contribution in [0.15, 0.2) is 24.3 Å². The topological polar surface area (TPSA) is 27.7 Å². The van der Waals surface area contributed by atoms with E-state index in [2.05, 4.69) is 15.1 Å². The van der Waals surface area contributed by atoms with Crippen LogP contribution in [0.4, 0.5) is 5.69 Å². The highest BCUT2D eigenvalue weighted by molar-refractivity contribution is 7.80. The number of ether oxygens (including phenoxy) is 1. The minimum atomic E-state index is 0.852. The summed E-state index contributed by atoms with van der Waals surface area (Å²) in [5, 5.41) is 4.24. The van der Waals surface area contributed by atoms with Gasteiger partial charge in [-0.25, -0.2) is 0 Å². The first-order valence-electron chi connectivity index (χ1n) is 10.6. The van der Waals surface area contributed by atoms with Crippen molar-refractivity contribution in [2.75, 3.05) is 38.6 Å². The van der Waals surface area contributed by atoms with Crippen LogP contribution >= 0.6 is 12.2 Å². The second-order valence-electron chi connectivity index (χ2n) is 9.10. The first-order valence-corrected chi connectivity index (χ1v) is 11.0. The van der Waals surface area contributed by atoms with E-state index < -0.39 is 0 Å². The molecule has 4 nitrogen and oxygen atoms in total.